The van der Waals surface area contributed by atoms with E-state index in [0.717, 1.165) is 0 Å². The maximum atomic E-state index is 8.55. The maximum absolute atomic E-state index is 8.55. The SMILES string of the molecule is Nc1nc2cc(OB(O)O)ccc2o1. The van der Waals surface area contributed by atoms with Crippen molar-refractivity contribution in [3.63, 3.8) is 0 Å². The summed E-state index contributed by atoms with van der Waals surface area (Å²) >= 11 is 0. The zero-order valence-electron chi connectivity index (χ0n) is 7.04. The second kappa shape index (κ2) is 3.20. The summed E-state index contributed by atoms with van der Waals surface area (Å²) in [5, 5.41) is 17.1. The Morgan fingerprint density at radius 3 is 2.93 bits per heavy atom. The fraction of sp³-hybridized carbons (Fsp3) is 0. The molecule has 1 heterocycles. The number of oxazole rings is 1. The van der Waals surface area contributed by atoms with Crippen LogP contribution in [0, 0.1) is 0 Å². The third-order valence-electron chi connectivity index (χ3n) is 1.62. The molecular formula is C7H7BN2O4. The number of aromatic nitrogens is 1. The average molecular weight is 194 g/mol. The number of nitrogen functional groups attached to an aromatic ring is 1. The van der Waals surface area contributed by atoms with E-state index in [1.54, 1.807) is 6.07 Å². The molecule has 0 aliphatic carbocycles. The molecule has 0 bridgehead atoms. The van der Waals surface area contributed by atoms with E-state index in [0.29, 0.717) is 11.1 Å². The summed E-state index contributed by atoms with van der Waals surface area (Å²) in [5.74, 6) is 0.279. The molecule has 1 aromatic heterocycles. The predicted octanol–water partition coefficient (Wildman–Crippen LogP) is -0.242. The molecular weight excluding hydrogens is 187 g/mol. The summed E-state index contributed by atoms with van der Waals surface area (Å²) < 4.78 is 9.63. The van der Waals surface area contributed by atoms with Crippen molar-refractivity contribution in [1.29, 1.82) is 0 Å². The van der Waals surface area contributed by atoms with Crippen LogP contribution in [0.1, 0.15) is 0 Å². The van der Waals surface area contributed by atoms with Gasteiger partial charge in [-0.3, -0.25) is 0 Å². The van der Waals surface area contributed by atoms with Crippen LogP contribution >= 0.6 is 0 Å². The average Bonchev–Trinajstić information content (AvgIpc) is 2.42. The van der Waals surface area contributed by atoms with Crippen molar-refractivity contribution >= 4 is 24.4 Å². The number of hydrogen-bond donors (Lipinski definition) is 3. The third-order valence-corrected chi connectivity index (χ3v) is 1.62. The molecule has 0 atom stereocenters. The van der Waals surface area contributed by atoms with Crippen molar-refractivity contribution in [2.24, 2.45) is 0 Å². The molecule has 2 aromatic rings. The second-order valence-electron chi connectivity index (χ2n) is 2.63. The second-order valence-corrected chi connectivity index (χ2v) is 2.63. The highest BCUT2D eigenvalue weighted by molar-refractivity contribution is 6.33. The molecule has 0 saturated heterocycles. The summed E-state index contributed by atoms with van der Waals surface area (Å²) in [6.45, 7) is 0. The van der Waals surface area contributed by atoms with Gasteiger partial charge in [-0.05, 0) is 12.1 Å². The fourth-order valence-electron chi connectivity index (χ4n) is 1.12. The molecule has 0 unspecified atom stereocenters. The van der Waals surface area contributed by atoms with Gasteiger partial charge in [-0.1, -0.05) is 0 Å². The standard InChI is InChI=1S/C7H7BN2O4/c9-7-10-5-3-4(14-8(11)12)1-2-6(5)13-7/h1-3,11-12H,(H2,9,10). The topological polar surface area (TPSA) is 102 Å². The lowest BCUT2D eigenvalue weighted by molar-refractivity contribution is 0.288. The molecule has 72 valence electrons. The first-order valence-corrected chi connectivity index (χ1v) is 3.84. The van der Waals surface area contributed by atoms with Crippen molar-refractivity contribution in [2.75, 3.05) is 5.73 Å². The van der Waals surface area contributed by atoms with Crippen LogP contribution in [0.5, 0.6) is 5.75 Å². The van der Waals surface area contributed by atoms with Crippen molar-refractivity contribution < 1.29 is 19.1 Å². The highest BCUT2D eigenvalue weighted by atomic mass is 16.6. The molecule has 6 nitrogen and oxygen atoms in total. The van der Waals surface area contributed by atoms with Crippen LogP contribution in [0.4, 0.5) is 6.01 Å². The van der Waals surface area contributed by atoms with Crippen molar-refractivity contribution in [3.8, 4) is 5.75 Å². The lowest BCUT2D eigenvalue weighted by Gasteiger charge is -2.02. The zero-order valence-corrected chi connectivity index (χ0v) is 7.04. The Balaban J connectivity index is 2.40. The molecule has 0 fully saturated rings. The predicted molar refractivity (Wildman–Crippen MR) is 49.2 cm³/mol. The molecule has 0 radical (unpaired) electrons. The minimum absolute atomic E-state index is 0.0571. The Kier molecular flexibility index (Phi) is 2.03. The van der Waals surface area contributed by atoms with Crippen molar-refractivity contribution in [2.45, 2.75) is 0 Å². The van der Waals surface area contributed by atoms with Gasteiger partial charge in [0.1, 0.15) is 11.3 Å². The fourth-order valence-corrected chi connectivity index (χ4v) is 1.12. The van der Waals surface area contributed by atoms with Crippen LogP contribution in [0.25, 0.3) is 11.1 Å². The van der Waals surface area contributed by atoms with E-state index < -0.39 is 7.32 Å². The largest absolute Gasteiger partial charge is 0.707 e. The Morgan fingerprint density at radius 1 is 1.43 bits per heavy atom. The minimum atomic E-state index is -1.85. The van der Waals surface area contributed by atoms with E-state index in [-0.39, 0.29) is 11.8 Å². The molecule has 0 saturated carbocycles. The summed E-state index contributed by atoms with van der Waals surface area (Å²) in [6, 6.07) is 4.65. The van der Waals surface area contributed by atoms with Gasteiger partial charge in [0.25, 0.3) is 6.01 Å². The lowest BCUT2D eigenvalue weighted by atomic mass is 10.2. The zero-order chi connectivity index (χ0) is 10.1. The molecule has 2 rings (SSSR count). The molecule has 0 spiro atoms. The first kappa shape index (κ1) is 8.85. The number of hydrogen-bond acceptors (Lipinski definition) is 6. The number of nitrogens with zero attached hydrogens (tertiary/aromatic N) is 1. The quantitative estimate of drug-likeness (QED) is 0.570. The summed E-state index contributed by atoms with van der Waals surface area (Å²) in [6.07, 6.45) is 0. The van der Waals surface area contributed by atoms with Crippen LogP contribution in [0.15, 0.2) is 22.6 Å². The molecule has 1 aromatic carbocycles. The highest BCUT2D eigenvalue weighted by Crippen LogP contribution is 2.22. The Bertz CT molecular complexity index is 456. The van der Waals surface area contributed by atoms with E-state index in [4.69, 9.17) is 20.2 Å². The summed E-state index contributed by atoms with van der Waals surface area (Å²) in [5.41, 5.74) is 6.34. The van der Waals surface area contributed by atoms with Crippen molar-refractivity contribution in [1.82, 2.24) is 4.98 Å². The van der Waals surface area contributed by atoms with Gasteiger partial charge in [-0.25, -0.2) is 0 Å². The molecule has 0 aliphatic rings. The monoisotopic (exact) mass is 194 g/mol. The molecule has 4 N–H and O–H groups in total. The first-order valence-electron chi connectivity index (χ1n) is 3.84. The number of benzene rings is 1. The highest BCUT2D eigenvalue weighted by Gasteiger charge is 2.12. The van der Waals surface area contributed by atoms with Crippen LogP contribution in [0.3, 0.4) is 0 Å². The van der Waals surface area contributed by atoms with E-state index in [2.05, 4.69) is 9.64 Å². The summed E-state index contributed by atoms with van der Waals surface area (Å²) in [4.78, 5) is 3.85. The van der Waals surface area contributed by atoms with Gasteiger partial charge in [0.05, 0.1) is 0 Å². The molecule has 14 heavy (non-hydrogen) atoms. The van der Waals surface area contributed by atoms with Crippen LogP contribution < -0.4 is 10.4 Å². The minimum Gasteiger partial charge on any atom is -0.512 e. The van der Waals surface area contributed by atoms with Crippen LogP contribution in [-0.4, -0.2) is 22.4 Å². The van der Waals surface area contributed by atoms with Gasteiger partial charge in [0, 0.05) is 6.07 Å². The van der Waals surface area contributed by atoms with Gasteiger partial charge in [0.2, 0.25) is 0 Å². The smallest absolute Gasteiger partial charge is 0.512 e. The Morgan fingerprint density at radius 2 is 2.21 bits per heavy atom. The maximum Gasteiger partial charge on any atom is 0.707 e. The van der Waals surface area contributed by atoms with Gasteiger partial charge in [-0.15, -0.1) is 0 Å². The Labute approximate surface area is 79.1 Å². The van der Waals surface area contributed by atoms with E-state index in [1.807, 2.05) is 0 Å². The van der Waals surface area contributed by atoms with Gasteiger partial charge < -0.3 is 24.9 Å². The number of rotatable bonds is 2. The lowest BCUT2D eigenvalue weighted by Crippen LogP contribution is -2.20. The molecule has 7 heteroatoms. The number of fused-ring (bicyclic) bond motifs is 1. The van der Waals surface area contributed by atoms with Gasteiger partial charge in [0.15, 0.2) is 5.58 Å². The number of anilines is 1. The first-order chi connectivity index (χ1) is 6.65. The number of nitrogens with two attached hydrogens (primary N) is 1. The normalized spacial score (nSPS) is 10.4. The van der Waals surface area contributed by atoms with E-state index in [1.165, 1.54) is 12.1 Å². The van der Waals surface area contributed by atoms with Crippen LogP contribution in [-0.2, 0) is 0 Å². The van der Waals surface area contributed by atoms with E-state index >= 15 is 0 Å². The van der Waals surface area contributed by atoms with Gasteiger partial charge in [-0.2, -0.15) is 4.98 Å². The third kappa shape index (κ3) is 1.63. The molecule has 0 amide bonds. The molecule has 0 aliphatic heterocycles. The van der Waals surface area contributed by atoms with Gasteiger partial charge >= 0.3 is 7.32 Å². The van der Waals surface area contributed by atoms with Crippen LogP contribution in [0.2, 0.25) is 0 Å². The van der Waals surface area contributed by atoms with Crippen molar-refractivity contribution in [3.05, 3.63) is 18.2 Å². The summed E-state index contributed by atoms with van der Waals surface area (Å²) in [7, 11) is -1.85. The Hall–Kier alpha value is -1.73. The van der Waals surface area contributed by atoms with E-state index in [9.17, 15) is 0 Å².